The maximum atomic E-state index is 5.41. The molecular formula is C15H27OSi. The van der Waals surface area contributed by atoms with Gasteiger partial charge in [0, 0.05) is 6.42 Å². The van der Waals surface area contributed by atoms with Crippen LogP contribution in [0.5, 0.6) is 0 Å². The Hall–Kier alpha value is -0.243. The van der Waals surface area contributed by atoms with Crippen LogP contribution in [0.25, 0.3) is 0 Å². The number of hydrogen-bond donors (Lipinski definition) is 0. The molecule has 1 aliphatic carbocycles. The molecule has 0 aromatic carbocycles. The average Bonchev–Trinajstić information content (AvgIpc) is 2.30. The van der Waals surface area contributed by atoms with E-state index in [2.05, 4.69) is 45.1 Å². The van der Waals surface area contributed by atoms with Gasteiger partial charge in [0.05, 0.1) is 5.76 Å². The molecule has 0 saturated heterocycles. The van der Waals surface area contributed by atoms with Gasteiger partial charge in [0.1, 0.15) is 0 Å². The Morgan fingerprint density at radius 2 is 1.82 bits per heavy atom. The van der Waals surface area contributed by atoms with Crippen LogP contribution < -0.4 is 0 Å². The Morgan fingerprint density at radius 3 is 2.35 bits per heavy atom. The van der Waals surface area contributed by atoms with Gasteiger partial charge >= 0.3 is 10.5 Å². The summed E-state index contributed by atoms with van der Waals surface area (Å²) in [4.78, 5) is 0. The summed E-state index contributed by atoms with van der Waals surface area (Å²) in [6.07, 6.45) is 6.36. The molecule has 2 atom stereocenters. The fourth-order valence-electron chi connectivity index (χ4n) is 3.14. The molecule has 17 heavy (non-hydrogen) atoms. The highest BCUT2D eigenvalue weighted by atomic mass is 28.2. The van der Waals surface area contributed by atoms with Gasteiger partial charge in [0.25, 0.3) is 0 Å². The van der Waals surface area contributed by atoms with E-state index in [1.165, 1.54) is 31.3 Å². The normalized spacial score (nSPS) is 32.6. The molecule has 2 unspecified atom stereocenters. The van der Waals surface area contributed by atoms with Crippen molar-refractivity contribution in [2.45, 2.75) is 66.7 Å². The molecular weight excluding hydrogens is 224 g/mol. The Kier molecular flexibility index (Phi) is 5.30. The van der Waals surface area contributed by atoms with Crippen molar-refractivity contribution in [3.05, 3.63) is 11.3 Å². The summed E-state index contributed by atoms with van der Waals surface area (Å²) in [7, 11) is 3.23. The zero-order chi connectivity index (χ0) is 13.1. The Labute approximate surface area is 111 Å². The lowest BCUT2D eigenvalue weighted by Crippen LogP contribution is -2.27. The maximum absolute atomic E-state index is 5.41. The van der Waals surface area contributed by atoms with E-state index >= 15 is 0 Å². The number of allylic oxidation sites excluding steroid dienone is 2. The van der Waals surface area contributed by atoms with E-state index < -0.39 is 0 Å². The molecule has 97 valence electrons. The highest BCUT2D eigenvalue weighted by Crippen LogP contribution is 2.41. The van der Waals surface area contributed by atoms with Crippen molar-refractivity contribution in [2.24, 2.45) is 17.3 Å². The molecule has 0 fully saturated rings. The van der Waals surface area contributed by atoms with Crippen LogP contribution >= 0.6 is 0 Å². The van der Waals surface area contributed by atoms with Gasteiger partial charge in [0.15, 0.2) is 0 Å². The van der Waals surface area contributed by atoms with Gasteiger partial charge in [-0.2, -0.15) is 0 Å². The van der Waals surface area contributed by atoms with Crippen molar-refractivity contribution >= 4 is 10.5 Å². The monoisotopic (exact) mass is 251 g/mol. The third-order valence-electron chi connectivity index (χ3n) is 4.38. The van der Waals surface area contributed by atoms with Gasteiger partial charge in [-0.25, -0.2) is 0 Å². The van der Waals surface area contributed by atoms with Crippen LogP contribution in [-0.4, -0.2) is 10.5 Å². The minimum atomic E-state index is 0.377. The molecule has 0 aromatic heterocycles. The van der Waals surface area contributed by atoms with Gasteiger partial charge < -0.3 is 4.43 Å². The second-order valence-electron chi connectivity index (χ2n) is 6.57. The third kappa shape index (κ3) is 3.87. The topological polar surface area (TPSA) is 9.23 Å². The third-order valence-corrected chi connectivity index (χ3v) is 4.63. The highest BCUT2D eigenvalue weighted by Gasteiger charge is 2.31. The van der Waals surface area contributed by atoms with Crippen molar-refractivity contribution in [3.63, 3.8) is 0 Å². The minimum absolute atomic E-state index is 0.377. The van der Waals surface area contributed by atoms with Gasteiger partial charge in [-0.1, -0.05) is 40.5 Å². The van der Waals surface area contributed by atoms with Crippen LogP contribution in [0.2, 0.25) is 0 Å². The summed E-state index contributed by atoms with van der Waals surface area (Å²) in [6.45, 7) is 11.7. The molecule has 0 saturated carbocycles. The molecule has 1 rings (SSSR count). The van der Waals surface area contributed by atoms with Crippen molar-refractivity contribution in [3.8, 4) is 0 Å². The number of rotatable bonds is 1. The predicted molar refractivity (Wildman–Crippen MR) is 74.7 cm³/mol. The average molecular weight is 251 g/mol. The lowest BCUT2D eigenvalue weighted by molar-refractivity contribution is 0.169. The Morgan fingerprint density at radius 1 is 1.18 bits per heavy atom. The van der Waals surface area contributed by atoms with E-state index in [0.717, 1.165) is 18.1 Å². The molecule has 2 heteroatoms. The summed E-state index contributed by atoms with van der Waals surface area (Å²) in [5.41, 5.74) is 1.81. The second-order valence-corrected chi connectivity index (χ2v) is 6.77. The van der Waals surface area contributed by atoms with Crippen LogP contribution in [0.4, 0.5) is 0 Å². The van der Waals surface area contributed by atoms with Crippen molar-refractivity contribution in [1.82, 2.24) is 0 Å². The number of hydrogen-bond acceptors (Lipinski definition) is 1. The van der Waals surface area contributed by atoms with E-state index in [9.17, 15) is 0 Å². The first kappa shape index (κ1) is 14.8. The van der Waals surface area contributed by atoms with Crippen LogP contribution in [0.3, 0.4) is 0 Å². The maximum Gasteiger partial charge on any atom is 0.340 e. The quantitative estimate of drug-likeness (QED) is 0.618. The Bertz CT molecular complexity index is 275. The molecule has 0 amide bonds. The first-order chi connectivity index (χ1) is 7.88. The van der Waals surface area contributed by atoms with Gasteiger partial charge in [0.2, 0.25) is 0 Å². The molecule has 0 spiro atoms. The van der Waals surface area contributed by atoms with Gasteiger partial charge in [-0.3, -0.25) is 0 Å². The van der Waals surface area contributed by atoms with Crippen molar-refractivity contribution < 1.29 is 4.43 Å². The van der Waals surface area contributed by atoms with E-state index in [-0.39, 0.29) is 0 Å². The molecule has 1 aliphatic rings. The van der Waals surface area contributed by atoms with E-state index in [1.807, 2.05) is 0 Å². The smallest absolute Gasteiger partial charge is 0.340 e. The first-order valence-corrected chi connectivity index (χ1v) is 7.32. The molecule has 0 aliphatic heterocycles. The zero-order valence-electron chi connectivity index (χ0n) is 12.1. The highest BCUT2D eigenvalue weighted by molar-refractivity contribution is 5.98. The molecule has 0 heterocycles. The van der Waals surface area contributed by atoms with Crippen LogP contribution in [0, 0.1) is 17.3 Å². The predicted octanol–water partition coefficient (Wildman–Crippen LogP) is 4.62. The summed E-state index contributed by atoms with van der Waals surface area (Å²) in [6, 6.07) is 0. The molecule has 0 bridgehead atoms. The summed E-state index contributed by atoms with van der Waals surface area (Å²) in [5.74, 6) is 2.52. The lowest BCUT2D eigenvalue weighted by atomic mass is 9.69. The summed E-state index contributed by atoms with van der Waals surface area (Å²) >= 11 is 0. The SMILES string of the molecule is C/C1=C(\O[Si])CCCCCC(C(C)(C)C)C1C. The summed E-state index contributed by atoms with van der Waals surface area (Å²) < 4.78 is 5.41. The van der Waals surface area contributed by atoms with E-state index in [4.69, 9.17) is 4.43 Å². The minimum Gasteiger partial charge on any atom is -0.544 e. The summed E-state index contributed by atoms with van der Waals surface area (Å²) in [5, 5.41) is 0. The molecule has 0 aromatic rings. The standard InChI is InChI=1S/C15H27OSi/c1-11-12(2)14(16-17)10-8-6-7-9-13(11)15(3,4)5/h11,13H,6-10H2,1-5H3/b14-12+. The fourth-order valence-corrected chi connectivity index (χ4v) is 3.41. The largest absolute Gasteiger partial charge is 0.544 e. The zero-order valence-corrected chi connectivity index (χ0v) is 13.1. The van der Waals surface area contributed by atoms with Crippen molar-refractivity contribution in [1.29, 1.82) is 0 Å². The molecule has 1 nitrogen and oxygen atoms in total. The van der Waals surface area contributed by atoms with Gasteiger partial charge in [-0.15, -0.1) is 0 Å². The van der Waals surface area contributed by atoms with E-state index in [1.54, 1.807) is 0 Å². The van der Waals surface area contributed by atoms with Crippen LogP contribution in [0.1, 0.15) is 66.7 Å². The Balaban J connectivity index is 2.99. The van der Waals surface area contributed by atoms with Gasteiger partial charge in [-0.05, 0) is 42.6 Å². The van der Waals surface area contributed by atoms with E-state index in [0.29, 0.717) is 11.3 Å². The fraction of sp³-hybridized carbons (Fsp3) is 0.867. The second kappa shape index (κ2) is 6.08. The lowest BCUT2D eigenvalue weighted by Gasteiger charge is -2.36. The molecule has 0 N–H and O–H groups in total. The molecule has 3 radical (unpaired) electrons. The van der Waals surface area contributed by atoms with Crippen LogP contribution in [-0.2, 0) is 4.43 Å². The first-order valence-electron chi connectivity index (χ1n) is 6.91. The van der Waals surface area contributed by atoms with Crippen molar-refractivity contribution in [2.75, 3.05) is 0 Å². The van der Waals surface area contributed by atoms with Crippen LogP contribution in [0.15, 0.2) is 11.3 Å².